The zero-order valence-electron chi connectivity index (χ0n) is 37.4. The molecular formula is C39H68N2O28. The number of carboxylic acids is 1. The van der Waals surface area contributed by atoms with Crippen molar-refractivity contribution in [3.63, 3.8) is 0 Å². The van der Waals surface area contributed by atoms with Gasteiger partial charge in [-0.1, -0.05) is 6.92 Å². The van der Waals surface area contributed by atoms with Crippen LogP contribution >= 0.6 is 0 Å². The van der Waals surface area contributed by atoms with E-state index in [0.29, 0.717) is 6.42 Å². The molecule has 0 saturated carbocycles. The summed E-state index contributed by atoms with van der Waals surface area (Å²) >= 11 is 0. The van der Waals surface area contributed by atoms with E-state index < -0.39 is 210 Å². The van der Waals surface area contributed by atoms with Crippen LogP contribution in [0, 0.1) is 5.92 Å². The first kappa shape index (κ1) is 57.8. The number of nitrogens with two attached hydrogens (primary N) is 1. The number of amides is 1. The van der Waals surface area contributed by atoms with Crippen LogP contribution in [0.3, 0.4) is 0 Å². The Morgan fingerprint density at radius 1 is 0.580 bits per heavy atom. The molecule has 0 bridgehead atoms. The van der Waals surface area contributed by atoms with Gasteiger partial charge in [-0.3, -0.25) is 4.79 Å². The number of rotatable bonds is 21. The molecule has 69 heavy (non-hydrogen) atoms. The largest absolute Gasteiger partial charge is 0.479 e. The van der Waals surface area contributed by atoms with Gasteiger partial charge in [0.2, 0.25) is 5.91 Å². The zero-order chi connectivity index (χ0) is 51.2. The summed E-state index contributed by atoms with van der Waals surface area (Å²) in [6, 6.07) is -1.78. The van der Waals surface area contributed by atoms with E-state index in [-0.39, 0.29) is 13.2 Å². The minimum Gasteiger partial charge on any atom is -0.479 e. The van der Waals surface area contributed by atoms with Crippen LogP contribution < -0.4 is 11.1 Å². The highest BCUT2D eigenvalue weighted by atomic mass is 16.8. The first-order valence-electron chi connectivity index (χ1n) is 22.2. The van der Waals surface area contributed by atoms with Crippen molar-refractivity contribution in [2.45, 2.75) is 180 Å². The average molecular weight is 1010 g/mol. The van der Waals surface area contributed by atoms with Gasteiger partial charge in [0.25, 0.3) is 0 Å². The SMILES string of the molecule is CC(=O)NC1[C@H](O[C@H]2C(CO)O[C@@H](O[C@@H]3C(CO)O[C@@H](OCCCN)C(O)[C@H]3O)C(O)[C@H]2OC2C(O)[C@@H](C)[C@H]([C@H](O)[C@H](O)CO)O[C@H]2C(=O)O)OC(CO)[C@H](O)[C@@H]1O[C@@H]1OC(CO)[C@H](O)[C@H](O)C1O. The average Bonchev–Trinajstić information content (AvgIpc) is 3.32. The van der Waals surface area contributed by atoms with E-state index in [1.807, 2.05) is 0 Å². The summed E-state index contributed by atoms with van der Waals surface area (Å²) in [5, 5.41) is 173. The van der Waals surface area contributed by atoms with Crippen LogP contribution in [0.1, 0.15) is 20.3 Å². The van der Waals surface area contributed by atoms with E-state index in [9.17, 15) is 91.3 Å². The summed E-state index contributed by atoms with van der Waals surface area (Å²) in [5.74, 6) is -4.01. The molecule has 10 unspecified atom stereocenters. The highest BCUT2D eigenvalue weighted by Crippen LogP contribution is 2.39. The first-order chi connectivity index (χ1) is 32.7. The van der Waals surface area contributed by atoms with Crippen molar-refractivity contribution in [3.05, 3.63) is 0 Å². The van der Waals surface area contributed by atoms with Crippen LogP contribution in [0.4, 0.5) is 0 Å². The summed E-state index contributed by atoms with van der Waals surface area (Å²) < 4.78 is 58.2. The Labute approximate surface area is 393 Å². The van der Waals surface area contributed by atoms with Crippen LogP contribution in [0.25, 0.3) is 0 Å². The zero-order valence-corrected chi connectivity index (χ0v) is 37.4. The Hall–Kier alpha value is -2.10. The standard InChI is InChI=1S/C39H68N2O28/c1-11-19(49)32(34(35(58)59)65-28(11)20(50)13(48)6-42)66-33-27(57)39(67-29-16(9-45)63-37(26(56)24(29)54)60-5-3-4-40)64-17(10-46)30(33)68-36-18(41-12(2)47)31(22(52)15(8-44)61-36)69-38-25(55)23(53)21(51)14(7-43)62-38/h11,13-34,36-39,42-46,48-57H,3-10,40H2,1-2H3,(H,41,47)(H,58,59)/t11-,13-,14?,15?,16?,17?,18?,19?,20-,21+,22+,23+,24-,25?,26?,27?,28-,29-,30+,31-,32?,33-,34-,36+,37-,38+,39+/m1/s1. The monoisotopic (exact) mass is 1010 g/mol. The van der Waals surface area contributed by atoms with Gasteiger partial charge >= 0.3 is 5.97 Å². The third-order valence-electron chi connectivity index (χ3n) is 12.7. The maximum atomic E-state index is 12.8. The molecule has 5 rings (SSSR count). The molecule has 0 aromatic rings. The van der Waals surface area contributed by atoms with E-state index >= 15 is 0 Å². The molecule has 27 atom stereocenters. The molecule has 19 N–H and O–H groups in total. The molecule has 5 aliphatic heterocycles. The Morgan fingerprint density at radius 3 is 1.68 bits per heavy atom. The fourth-order valence-corrected chi connectivity index (χ4v) is 8.79. The quantitative estimate of drug-likeness (QED) is 0.0475. The number of carboxylic acid groups (broad SMARTS) is 1. The second-order valence-electron chi connectivity index (χ2n) is 17.4. The van der Waals surface area contributed by atoms with E-state index in [1.54, 1.807) is 0 Å². The molecule has 0 aliphatic carbocycles. The molecule has 5 heterocycles. The lowest BCUT2D eigenvalue weighted by molar-refractivity contribution is -0.388. The lowest BCUT2D eigenvalue weighted by Gasteiger charge is -2.52. The topological polar surface area (TPSA) is 488 Å². The third kappa shape index (κ3) is 12.8. The Kier molecular flexibility index (Phi) is 21.5. The van der Waals surface area contributed by atoms with Gasteiger partial charge in [-0.15, -0.1) is 0 Å². The number of carbonyl (C=O) groups excluding carboxylic acids is 1. The van der Waals surface area contributed by atoms with Crippen LogP contribution in [0.5, 0.6) is 0 Å². The van der Waals surface area contributed by atoms with Crippen LogP contribution in [0.15, 0.2) is 0 Å². The molecule has 402 valence electrons. The Balaban J connectivity index is 1.54. The molecule has 5 aliphatic rings. The molecule has 1 amide bonds. The normalized spacial score (nSPS) is 46.2. The number of ether oxygens (including phenoxy) is 10. The lowest BCUT2D eigenvalue weighted by atomic mass is 9.83. The maximum Gasteiger partial charge on any atom is 0.335 e. The first-order valence-corrected chi connectivity index (χ1v) is 22.2. The van der Waals surface area contributed by atoms with E-state index in [4.69, 9.17) is 53.1 Å². The number of nitrogens with one attached hydrogen (secondary N) is 1. The van der Waals surface area contributed by atoms with Crippen molar-refractivity contribution in [1.29, 1.82) is 0 Å². The summed E-state index contributed by atoms with van der Waals surface area (Å²) in [5.41, 5.74) is 5.50. The minimum atomic E-state index is -2.31. The van der Waals surface area contributed by atoms with Gasteiger partial charge in [0.15, 0.2) is 31.3 Å². The predicted octanol–water partition coefficient (Wildman–Crippen LogP) is -11.3. The van der Waals surface area contributed by atoms with Gasteiger partial charge in [0, 0.05) is 12.8 Å². The number of aliphatic hydroxyl groups is 15. The summed E-state index contributed by atoms with van der Waals surface area (Å²) in [4.78, 5) is 25.6. The van der Waals surface area contributed by atoms with Gasteiger partial charge in [0.1, 0.15) is 116 Å². The van der Waals surface area contributed by atoms with Gasteiger partial charge in [-0.05, 0) is 13.0 Å². The van der Waals surface area contributed by atoms with Crippen molar-refractivity contribution < 1.29 is 139 Å². The molecule has 0 aromatic carbocycles. The molecular weight excluding hydrogens is 944 g/mol. The van der Waals surface area contributed by atoms with E-state index in [0.717, 1.165) is 6.92 Å². The van der Waals surface area contributed by atoms with E-state index in [2.05, 4.69) is 5.32 Å². The van der Waals surface area contributed by atoms with E-state index in [1.165, 1.54) is 6.92 Å². The molecule has 0 radical (unpaired) electrons. The number of carbonyl (C=O) groups is 2. The fraction of sp³-hybridized carbons (Fsp3) is 0.949. The summed E-state index contributed by atoms with van der Waals surface area (Å²) in [6.07, 6.45) is -47.4. The summed E-state index contributed by atoms with van der Waals surface area (Å²) in [6.45, 7) is -2.49. The Bertz CT molecular complexity index is 1590. The van der Waals surface area contributed by atoms with Crippen LogP contribution in [-0.2, 0) is 57.0 Å². The Morgan fingerprint density at radius 2 is 1.10 bits per heavy atom. The summed E-state index contributed by atoms with van der Waals surface area (Å²) in [7, 11) is 0. The highest BCUT2D eigenvalue weighted by molar-refractivity contribution is 5.74. The smallest absolute Gasteiger partial charge is 0.335 e. The molecule has 30 nitrogen and oxygen atoms in total. The molecule has 0 spiro atoms. The van der Waals surface area contributed by atoms with Gasteiger partial charge < -0.3 is 140 Å². The van der Waals surface area contributed by atoms with Gasteiger partial charge in [-0.25, -0.2) is 4.79 Å². The van der Waals surface area contributed by atoms with Crippen molar-refractivity contribution >= 4 is 11.9 Å². The van der Waals surface area contributed by atoms with Crippen molar-refractivity contribution in [2.24, 2.45) is 11.7 Å². The number of hydrogen-bond donors (Lipinski definition) is 18. The van der Waals surface area contributed by atoms with Crippen molar-refractivity contribution in [2.75, 3.05) is 46.2 Å². The molecule has 5 saturated heterocycles. The van der Waals surface area contributed by atoms with Crippen LogP contribution in [-0.4, -0.2) is 299 Å². The molecule has 0 aromatic heterocycles. The lowest BCUT2D eigenvalue weighted by Crippen LogP contribution is -2.71. The number of aliphatic hydroxyl groups excluding tert-OH is 15. The van der Waals surface area contributed by atoms with Crippen molar-refractivity contribution in [3.8, 4) is 0 Å². The third-order valence-corrected chi connectivity index (χ3v) is 12.7. The second-order valence-corrected chi connectivity index (χ2v) is 17.4. The fourth-order valence-electron chi connectivity index (χ4n) is 8.79. The van der Waals surface area contributed by atoms with Gasteiger partial charge in [0.05, 0.1) is 51.8 Å². The second kappa shape index (κ2) is 25.7. The molecule has 30 heteroatoms. The maximum absolute atomic E-state index is 12.8. The highest BCUT2D eigenvalue weighted by Gasteiger charge is 2.59. The van der Waals surface area contributed by atoms with Crippen LogP contribution in [0.2, 0.25) is 0 Å². The van der Waals surface area contributed by atoms with Crippen molar-refractivity contribution in [1.82, 2.24) is 5.32 Å². The minimum absolute atomic E-state index is 0.0296. The number of aliphatic carboxylic acids is 1. The number of hydrogen-bond acceptors (Lipinski definition) is 28. The molecule has 5 fully saturated rings. The predicted molar refractivity (Wildman–Crippen MR) is 216 cm³/mol. The van der Waals surface area contributed by atoms with Gasteiger partial charge in [-0.2, -0.15) is 0 Å².